The van der Waals surface area contributed by atoms with Crippen LogP contribution in [0.4, 0.5) is 5.95 Å². The van der Waals surface area contributed by atoms with Gasteiger partial charge in [0, 0.05) is 42.0 Å². The van der Waals surface area contributed by atoms with E-state index in [0.717, 1.165) is 45.3 Å². The molecule has 8 nitrogen and oxygen atoms in total. The zero-order chi connectivity index (χ0) is 22.4. The largest absolute Gasteiger partial charge is 0.507 e. The molecule has 1 aromatic carbocycles. The molecular weight excluding hydrogens is 493 g/mol. The van der Waals surface area contributed by atoms with Gasteiger partial charge in [-0.15, -0.1) is 46.3 Å². The van der Waals surface area contributed by atoms with E-state index in [-0.39, 0.29) is 30.6 Å². The Morgan fingerprint density at radius 1 is 1.03 bits per heavy atom. The lowest BCUT2D eigenvalue weighted by Crippen LogP contribution is -2.54. The van der Waals surface area contributed by atoms with Crippen molar-refractivity contribution < 1.29 is 5.11 Å². The van der Waals surface area contributed by atoms with E-state index in [1.807, 2.05) is 32.0 Å². The van der Waals surface area contributed by atoms with E-state index in [9.17, 15) is 5.11 Å². The topological polar surface area (TPSA) is 100.0 Å². The molecule has 1 aliphatic heterocycles. The van der Waals surface area contributed by atoms with Crippen LogP contribution >= 0.6 is 36.2 Å². The van der Waals surface area contributed by atoms with Crippen molar-refractivity contribution in [3.8, 4) is 27.6 Å². The van der Waals surface area contributed by atoms with Crippen LogP contribution in [0.15, 0.2) is 30.5 Å². The summed E-state index contributed by atoms with van der Waals surface area (Å²) >= 11 is 1.58. The number of anilines is 1. The zero-order valence-electron chi connectivity index (χ0n) is 19.3. The fraction of sp³-hybridized carbons (Fsp3) is 0.348. The molecule has 0 unspecified atom stereocenters. The highest BCUT2D eigenvalue weighted by Gasteiger charge is 2.23. The number of halogens is 2. The van der Waals surface area contributed by atoms with E-state index in [0.29, 0.717) is 29.3 Å². The van der Waals surface area contributed by atoms with Crippen molar-refractivity contribution in [3.63, 3.8) is 0 Å². The maximum Gasteiger partial charge on any atom is 0.245 e. The van der Waals surface area contributed by atoms with E-state index in [1.54, 1.807) is 23.6 Å². The van der Waals surface area contributed by atoms with Gasteiger partial charge in [-0.3, -0.25) is 4.98 Å². The molecule has 0 aliphatic carbocycles. The average Bonchev–Trinajstić information content (AvgIpc) is 3.18. The van der Waals surface area contributed by atoms with E-state index in [1.165, 1.54) is 0 Å². The number of aryl methyl sites for hydroxylation is 2. The molecule has 0 bridgehead atoms. The third-order valence-corrected chi connectivity index (χ3v) is 6.81. The van der Waals surface area contributed by atoms with Gasteiger partial charge >= 0.3 is 0 Å². The van der Waals surface area contributed by atoms with Crippen molar-refractivity contribution in [1.29, 1.82) is 0 Å². The molecule has 0 saturated carbocycles. The predicted molar refractivity (Wildman–Crippen MR) is 142 cm³/mol. The summed E-state index contributed by atoms with van der Waals surface area (Å²) in [5, 5.41) is 23.7. The molecule has 180 valence electrons. The van der Waals surface area contributed by atoms with Gasteiger partial charge in [-0.1, -0.05) is 6.07 Å². The van der Waals surface area contributed by atoms with Crippen molar-refractivity contribution >= 4 is 52.3 Å². The summed E-state index contributed by atoms with van der Waals surface area (Å²) in [5.41, 5.74) is 4.83. The number of pyridine rings is 1. The van der Waals surface area contributed by atoms with Crippen molar-refractivity contribution in [1.82, 2.24) is 30.5 Å². The van der Waals surface area contributed by atoms with E-state index in [2.05, 4.69) is 44.2 Å². The first-order valence-corrected chi connectivity index (χ1v) is 11.5. The molecule has 0 spiro atoms. The number of hydrogen-bond donors (Lipinski definition) is 2. The fourth-order valence-corrected chi connectivity index (χ4v) is 5.25. The van der Waals surface area contributed by atoms with E-state index < -0.39 is 0 Å². The highest BCUT2D eigenvalue weighted by Crippen LogP contribution is 2.36. The number of aromatic nitrogens is 5. The number of phenolic OH excluding ortho intramolecular Hbond substituents is 1. The summed E-state index contributed by atoms with van der Waals surface area (Å²) in [6.45, 7) is 9.93. The third-order valence-electron chi connectivity index (χ3n) is 5.58. The van der Waals surface area contributed by atoms with Crippen molar-refractivity contribution in [2.75, 3.05) is 18.0 Å². The molecule has 2 atom stereocenters. The Bertz CT molecular complexity index is 1290. The lowest BCUT2D eigenvalue weighted by Gasteiger charge is -2.35. The van der Waals surface area contributed by atoms with E-state index >= 15 is 0 Å². The van der Waals surface area contributed by atoms with Gasteiger partial charge in [0.15, 0.2) is 0 Å². The number of thiazole rings is 1. The standard InChI is InChI=1S/C23H25N7OS.2ClH/c1-12-7-18-21(15(4)26-12)32-22(27-18)16-5-6-17(20(31)8-16)19-9-24-23(29-28-19)30-10-13(2)25-14(3)11-30;;/h5-9,13-14,25,31H,10-11H2,1-4H3;2*1H/t13-,14+;;. The minimum atomic E-state index is 0. The van der Waals surface area contributed by atoms with Crippen LogP contribution in [0.25, 0.3) is 32.0 Å². The normalized spacial score (nSPS) is 17.8. The number of benzene rings is 1. The van der Waals surface area contributed by atoms with Gasteiger partial charge in [-0.05, 0) is 45.9 Å². The second kappa shape index (κ2) is 10.4. The van der Waals surface area contributed by atoms with Gasteiger partial charge in [-0.2, -0.15) is 0 Å². The van der Waals surface area contributed by atoms with Gasteiger partial charge in [-0.25, -0.2) is 9.97 Å². The minimum Gasteiger partial charge on any atom is -0.507 e. The number of nitrogens with one attached hydrogen (secondary N) is 1. The lowest BCUT2D eigenvalue weighted by atomic mass is 10.1. The summed E-state index contributed by atoms with van der Waals surface area (Å²) in [6, 6.07) is 8.22. The average molecular weight is 520 g/mol. The van der Waals surface area contributed by atoms with Crippen LogP contribution in [-0.2, 0) is 0 Å². The maximum absolute atomic E-state index is 10.7. The molecule has 0 radical (unpaired) electrons. The summed E-state index contributed by atoms with van der Waals surface area (Å²) < 4.78 is 1.07. The molecule has 11 heteroatoms. The Morgan fingerprint density at radius 2 is 1.76 bits per heavy atom. The van der Waals surface area contributed by atoms with Crippen molar-refractivity contribution in [2.24, 2.45) is 0 Å². The van der Waals surface area contributed by atoms with Gasteiger partial charge in [0.1, 0.15) is 16.5 Å². The monoisotopic (exact) mass is 519 g/mol. The number of nitrogens with zero attached hydrogens (tertiary/aromatic N) is 6. The van der Waals surface area contributed by atoms with Gasteiger partial charge in [0.05, 0.1) is 22.1 Å². The molecule has 4 aromatic rings. The second-order valence-corrected chi connectivity index (χ2v) is 9.46. The molecule has 34 heavy (non-hydrogen) atoms. The molecule has 2 N–H and O–H groups in total. The van der Waals surface area contributed by atoms with Gasteiger partial charge in [0.25, 0.3) is 0 Å². The van der Waals surface area contributed by atoms with Gasteiger partial charge in [0.2, 0.25) is 5.95 Å². The molecule has 1 aliphatic rings. The Kier molecular flexibility index (Phi) is 7.92. The van der Waals surface area contributed by atoms with Crippen LogP contribution < -0.4 is 10.2 Å². The Hall–Kier alpha value is -2.59. The SMILES string of the molecule is Cc1cc2nc(-c3ccc(-c4cnc(N5C[C@@H](C)N[C@@H](C)C5)nn4)c(O)c3)sc2c(C)n1.Cl.Cl. The molecule has 4 heterocycles. The fourth-order valence-electron chi connectivity index (χ4n) is 4.27. The number of rotatable bonds is 3. The molecule has 3 aromatic heterocycles. The van der Waals surface area contributed by atoms with Crippen LogP contribution in [0.3, 0.4) is 0 Å². The number of fused-ring (bicyclic) bond motifs is 1. The molecule has 0 amide bonds. The number of aromatic hydroxyl groups is 1. The number of piperazine rings is 1. The third kappa shape index (κ3) is 5.07. The minimum absolute atomic E-state index is 0. The first-order valence-electron chi connectivity index (χ1n) is 10.7. The van der Waals surface area contributed by atoms with Gasteiger partial charge < -0.3 is 15.3 Å². The Labute approximate surface area is 214 Å². The van der Waals surface area contributed by atoms with Crippen LogP contribution in [0.1, 0.15) is 25.2 Å². The van der Waals surface area contributed by atoms with Crippen LogP contribution in [0.2, 0.25) is 0 Å². The van der Waals surface area contributed by atoms with Crippen molar-refractivity contribution in [2.45, 2.75) is 39.8 Å². The maximum atomic E-state index is 10.7. The lowest BCUT2D eigenvalue weighted by molar-refractivity contribution is 0.402. The highest BCUT2D eigenvalue weighted by atomic mass is 35.5. The first kappa shape index (κ1) is 26.0. The van der Waals surface area contributed by atoms with E-state index in [4.69, 9.17) is 4.98 Å². The number of hydrogen-bond acceptors (Lipinski definition) is 9. The summed E-state index contributed by atoms with van der Waals surface area (Å²) in [7, 11) is 0. The highest BCUT2D eigenvalue weighted by molar-refractivity contribution is 7.21. The van der Waals surface area contributed by atoms with Crippen LogP contribution in [0.5, 0.6) is 5.75 Å². The van der Waals surface area contributed by atoms with Crippen LogP contribution in [-0.4, -0.2) is 55.4 Å². The number of phenols is 1. The molecule has 5 rings (SSSR count). The smallest absolute Gasteiger partial charge is 0.245 e. The quantitative estimate of drug-likeness (QED) is 0.406. The zero-order valence-corrected chi connectivity index (χ0v) is 21.8. The Morgan fingerprint density at radius 3 is 2.41 bits per heavy atom. The summed E-state index contributed by atoms with van der Waals surface area (Å²) in [5.74, 6) is 0.736. The summed E-state index contributed by atoms with van der Waals surface area (Å²) in [4.78, 5) is 15.9. The molecule has 1 fully saturated rings. The first-order chi connectivity index (χ1) is 15.4. The summed E-state index contributed by atoms with van der Waals surface area (Å²) in [6.07, 6.45) is 1.67. The second-order valence-electron chi connectivity index (χ2n) is 8.47. The predicted octanol–water partition coefficient (Wildman–Crippen LogP) is 4.56. The van der Waals surface area contributed by atoms with Crippen molar-refractivity contribution in [3.05, 3.63) is 41.9 Å². The molecule has 1 saturated heterocycles. The molecular formula is C23H27Cl2N7OS. The van der Waals surface area contributed by atoms with Crippen LogP contribution in [0, 0.1) is 13.8 Å². The Balaban J connectivity index is 0.00000162.